The van der Waals surface area contributed by atoms with Crippen molar-refractivity contribution in [2.24, 2.45) is 5.92 Å². The van der Waals surface area contributed by atoms with Crippen molar-refractivity contribution in [2.75, 3.05) is 0 Å². The standard InChI is InChI=1S/C23H36N2O2/c1-3-4-5-6-7-8-9-10-11-12-20-17-21(14-13-18(20)2)23(27)25-24-22(26)19-15-16-19/h13-14,17,19H,3-12,15-16H2,1-2H3,(H,24,26)(H,25,27). The maximum Gasteiger partial charge on any atom is 0.269 e. The summed E-state index contributed by atoms with van der Waals surface area (Å²) in [4.78, 5) is 23.9. The number of nitrogens with one attached hydrogen (secondary N) is 2. The van der Waals surface area contributed by atoms with Crippen LogP contribution in [0.4, 0.5) is 0 Å². The van der Waals surface area contributed by atoms with E-state index in [0.29, 0.717) is 5.56 Å². The molecule has 2 rings (SSSR count). The highest BCUT2D eigenvalue weighted by Gasteiger charge is 2.29. The Balaban J connectivity index is 1.67. The molecule has 2 N–H and O–H groups in total. The second kappa shape index (κ2) is 11.8. The average Bonchev–Trinajstić information content (AvgIpc) is 3.51. The molecule has 1 aromatic carbocycles. The maximum absolute atomic E-state index is 12.3. The summed E-state index contributed by atoms with van der Waals surface area (Å²) in [6.07, 6.45) is 14.7. The fourth-order valence-corrected chi connectivity index (χ4v) is 3.35. The van der Waals surface area contributed by atoms with Gasteiger partial charge in [-0.15, -0.1) is 0 Å². The van der Waals surface area contributed by atoms with Gasteiger partial charge in [0, 0.05) is 11.5 Å². The molecule has 27 heavy (non-hydrogen) atoms. The molecule has 1 aliphatic carbocycles. The van der Waals surface area contributed by atoms with Gasteiger partial charge in [-0.1, -0.05) is 64.4 Å². The molecule has 1 aliphatic rings. The summed E-state index contributed by atoms with van der Waals surface area (Å²) >= 11 is 0. The van der Waals surface area contributed by atoms with Crippen molar-refractivity contribution in [3.8, 4) is 0 Å². The largest absolute Gasteiger partial charge is 0.273 e. The summed E-state index contributed by atoms with van der Waals surface area (Å²) in [5.74, 6) is -0.228. The van der Waals surface area contributed by atoms with Crippen molar-refractivity contribution >= 4 is 11.8 Å². The molecule has 1 fully saturated rings. The van der Waals surface area contributed by atoms with Crippen molar-refractivity contribution < 1.29 is 9.59 Å². The number of hydrogen-bond acceptors (Lipinski definition) is 2. The maximum atomic E-state index is 12.3. The zero-order chi connectivity index (χ0) is 19.5. The number of rotatable bonds is 12. The van der Waals surface area contributed by atoms with Crippen molar-refractivity contribution in [2.45, 2.75) is 90.9 Å². The lowest BCUT2D eigenvalue weighted by molar-refractivity contribution is -0.123. The Bertz CT molecular complexity index is 608. The van der Waals surface area contributed by atoms with Crippen LogP contribution in [0.5, 0.6) is 0 Å². The third-order valence-electron chi connectivity index (χ3n) is 5.41. The molecule has 0 bridgehead atoms. The summed E-state index contributed by atoms with van der Waals surface area (Å²) < 4.78 is 0. The monoisotopic (exact) mass is 372 g/mol. The van der Waals surface area contributed by atoms with E-state index in [-0.39, 0.29) is 17.7 Å². The van der Waals surface area contributed by atoms with Crippen LogP contribution in [-0.4, -0.2) is 11.8 Å². The number of aryl methyl sites for hydroxylation is 2. The van der Waals surface area contributed by atoms with E-state index in [0.717, 1.165) is 19.3 Å². The molecule has 0 heterocycles. The summed E-state index contributed by atoms with van der Waals surface area (Å²) in [5, 5.41) is 0. The van der Waals surface area contributed by atoms with Crippen LogP contribution < -0.4 is 10.9 Å². The molecule has 0 aromatic heterocycles. The van der Waals surface area contributed by atoms with Gasteiger partial charge in [0.1, 0.15) is 0 Å². The molecular formula is C23H36N2O2. The normalized spacial score (nSPS) is 13.4. The van der Waals surface area contributed by atoms with Crippen LogP contribution in [0.3, 0.4) is 0 Å². The number of hydrogen-bond donors (Lipinski definition) is 2. The average molecular weight is 373 g/mol. The van der Waals surface area contributed by atoms with E-state index in [1.807, 2.05) is 18.2 Å². The van der Waals surface area contributed by atoms with Crippen molar-refractivity contribution in [1.82, 2.24) is 10.9 Å². The van der Waals surface area contributed by atoms with E-state index in [2.05, 4.69) is 24.7 Å². The molecule has 2 amide bonds. The molecule has 0 spiro atoms. The van der Waals surface area contributed by atoms with E-state index in [9.17, 15) is 9.59 Å². The molecule has 0 atom stereocenters. The van der Waals surface area contributed by atoms with Gasteiger partial charge in [-0.3, -0.25) is 20.4 Å². The molecular weight excluding hydrogens is 336 g/mol. The van der Waals surface area contributed by atoms with Gasteiger partial charge in [0.15, 0.2) is 0 Å². The SMILES string of the molecule is CCCCCCCCCCCc1cc(C(=O)NNC(=O)C2CC2)ccc1C. The van der Waals surface area contributed by atoms with Gasteiger partial charge in [-0.05, 0) is 55.9 Å². The number of hydrazine groups is 1. The van der Waals surface area contributed by atoms with E-state index < -0.39 is 0 Å². The van der Waals surface area contributed by atoms with Crippen LogP contribution in [0.15, 0.2) is 18.2 Å². The first kappa shape index (κ1) is 21.5. The van der Waals surface area contributed by atoms with Crippen LogP contribution >= 0.6 is 0 Å². The molecule has 1 aromatic rings. The zero-order valence-electron chi connectivity index (χ0n) is 17.1. The van der Waals surface area contributed by atoms with Gasteiger partial charge >= 0.3 is 0 Å². The van der Waals surface area contributed by atoms with E-state index >= 15 is 0 Å². The van der Waals surface area contributed by atoms with Crippen LogP contribution in [0, 0.1) is 12.8 Å². The van der Waals surface area contributed by atoms with Crippen LogP contribution in [-0.2, 0) is 11.2 Å². The highest BCUT2D eigenvalue weighted by molar-refractivity contribution is 5.96. The minimum absolute atomic E-state index is 0.0784. The molecule has 0 radical (unpaired) electrons. The van der Waals surface area contributed by atoms with Crippen molar-refractivity contribution in [3.63, 3.8) is 0 Å². The van der Waals surface area contributed by atoms with Crippen molar-refractivity contribution in [1.29, 1.82) is 0 Å². The Morgan fingerprint density at radius 1 is 0.926 bits per heavy atom. The number of benzene rings is 1. The molecule has 0 saturated heterocycles. The lowest BCUT2D eigenvalue weighted by atomic mass is 9.98. The lowest BCUT2D eigenvalue weighted by Crippen LogP contribution is -2.42. The Hall–Kier alpha value is -1.84. The minimum Gasteiger partial charge on any atom is -0.273 e. The Morgan fingerprint density at radius 2 is 1.56 bits per heavy atom. The second-order valence-electron chi connectivity index (χ2n) is 7.94. The van der Waals surface area contributed by atoms with Gasteiger partial charge < -0.3 is 0 Å². The highest BCUT2D eigenvalue weighted by Crippen LogP contribution is 2.28. The van der Waals surface area contributed by atoms with Gasteiger partial charge in [0.05, 0.1) is 0 Å². The molecule has 4 nitrogen and oxygen atoms in total. The van der Waals surface area contributed by atoms with Gasteiger partial charge in [-0.2, -0.15) is 0 Å². The Labute approximate surface area is 164 Å². The topological polar surface area (TPSA) is 58.2 Å². The predicted molar refractivity (Wildman–Crippen MR) is 110 cm³/mol. The fourth-order valence-electron chi connectivity index (χ4n) is 3.35. The first-order chi connectivity index (χ1) is 13.1. The predicted octanol–water partition coefficient (Wildman–Crippen LogP) is 5.24. The van der Waals surface area contributed by atoms with Crippen LogP contribution in [0.2, 0.25) is 0 Å². The molecule has 0 aliphatic heterocycles. The molecule has 4 heteroatoms. The van der Waals surface area contributed by atoms with Crippen LogP contribution in [0.25, 0.3) is 0 Å². The summed E-state index contributed by atoms with van der Waals surface area (Å²) in [5.41, 5.74) is 8.13. The highest BCUT2D eigenvalue weighted by atomic mass is 16.2. The zero-order valence-corrected chi connectivity index (χ0v) is 17.1. The van der Waals surface area contributed by atoms with E-state index in [4.69, 9.17) is 0 Å². The number of carbonyl (C=O) groups is 2. The van der Waals surface area contributed by atoms with Crippen LogP contribution in [0.1, 0.15) is 99.0 Å². The van der Waals surface area contributed by atoms with Gasteiger partial charge in [0.25, 0.3) is 5.91 Å². The lowest BCUT2D eigenvalue weighted by Gasteiger charge is -2.10. The fraction of sp³-hybridized carbons (Fsp3) is 0.652. The van der Waals surface area contributed by atoms with Gasteiger partial charge in [-0.25, -0.2) is 0 Å². The molecule has 1 saturated carbocycles. The first-order valence-electron chi connectivity index (χ1n) is 10.8. The molecule has 150 valence electrons. The Kier molecular flexibility index (Phi) is 9.37. The third-order valence-corrected chi connectivity index (χ3v) is 5.41. The summed E-state index contributed by atoms with van der Waals surface area (Å²) in [6.45, 7) is 4.35. The third kappa shape index (κ3) is 8.15. The number of unbranched alkanes of at least 4 members (excludes halogenated alkanes) is 8. The Morgan fingerprint density at radius 3 is 2.19 bits per heavy atom. The van der Waals surface area contributed by atoms with E-state index in [1.54, 1.807) is 0 Å². The van der Waals surface area contributed by atoms with E-state index in [1.165, 1.54) is 68.9 Å². The number of amides is 2. The number of carbonyl (C=O) groups excluding carboxylic acids is 2. The molecule has 0 unspecified atom stereocenters. The van der Waals surface area contributed by atoms with Gasteiger partial charge in [0.2, 0.25) is 5.91 Å². The summed E-state index contributed by atoms with van der Waals surface area (Å²) in [6, 6.07) is 5.80. The minimum atomic E-state index is -0.239. The van der Waals surface area contributed by atoms with Crippen molar-refractivity contribution in [3.05, 3.63) is 34.9 Å². The first-order valence-corrected chi connectivity index (χ1v) is 10.8. The summed E-state index contributed by atoms with van der Waals surface area (Å²) in [7, 11) is 0. The smallest absolute Gasteiger partial charge is 0.269 e. The quantitative estimate of drug-likeness (QED) is 0.389. The second-order valence-corrected chi connectivity index (χ2v) is 7.94.